The monoisotopic (exact) mass is 443 g/mol. The maximum absolute atomic E-state index is 14.4. The van der Waals surface area contributed by atoms with Crippen LogP contribution in [0.25, 0.3) is 16.6 Å². The Bertz CT molecular complexity index is 1280. The van der Waals surface area contributed by atoms with Gasteiger partial charge in [0.05, 0.1) is 33.3 Å². The van der Waals surface area contributed by atoms with Gasteiger partial charge < -0.3 is 10.4 Å². The molecule has 3 aromatic heterocycles. The zero-order chi connectivity index (χ0) is 21.3. The number of hydrogen-bond donors (Lipinski definition) is 2. The van der Waals surface area contributed by atoms with Crippen LogP contribution in [0.2, 0.25) is 10.0 Å². The first kappa shape index (κ1) is 20.0. The summed E-state index contributed by atoms with van der Waals surface area (Å²) in [6.45, 7) is -0.0472. The zero-order valence-corrected chi connectivity index (χ0v) is 16.7. The molecule has 0 amide bonds. The fourth-order valence-electron chi connectivity index (χ4n) is 2.88. The molecule has 0 aliphatic rings. The number of nitrogens with one attached hydrogen (secondary N) is 1. The number of nitrogens with zero attached hydrogens (tertiary/aromatic N) is 6. The van der Waals surface area contributed by atoms with Crippen LogP contribution < -0.4 is 5.32 Å². The van der Waals surface area contributed by atoms with Crippen LogP contribution >= 0.6 is 23.2 Å². The van der Waals surface area contributed by atoms with Crippen LogP contribution in [0.1, 0.15) is 11.3 Å². The van der Waals surface area contributed by atoms with E-state index in [0.717, 1.165) is 6.20 Å². The molecule has 0 aliphatic carbocycles. The second-order valence-corrected chi connectivity index (χ2v) is 7.00. The Morgan fingerprint density at radius 2 is 1.93 bits per heavy atom. The van der Waals surface area contributed by atoms with E-state index in [1.54, 1.807) is 6.07 Å². The number of anilines is 2. The van der Waals surface area contributed by atoms with Crippen molar-refractivity contribution >= 4 is 45.7 Å². The molecule has 0 saturated heterocycles. The van der Waals surface area contributed by atoms with Crippen molar-refractivity contribution in [3.8, 4) is 11.8 Å². The topological polar surface area (TPSA) is 113 Å². The molecule has 11 heteroatoms. The number of benzene rings is 1. The predicted octanol–water partition coefficient (Wildman–Crippen LogP) is 3.81. The molecule has 2 N–H and O–H groups in total. The number of aliphatic hydroxyl groups is 1. The van der Waals surface area contributed by atoms with Gasteiger partial charge in [-0.05, 0) is 12.1 Å². The molecule has 0 atom stereocenters. The van der Waals surface area contributed by atoms with Gasteiger partial charge in [0, 0.05) is 31.0 Å². The highest BCUT2D eigenvalue weighted by molar-refractivity contribution is 6.38. The second-order valence-electron chi connectivity index (χ2n) is 6.18. The molecule has 0 fully saturated rings. The van der Waals surface area contributed by atoms with Gasteiger partial charge >= 0.3 is 0 Å². The van der Waals surface area contributed by atoms with Gasteiger partial charge in [-0.25, -0.2) is 24.0 Å². The predicted molar refractivity (Wildman–Crippen MR) is 110 cm³/mol. The third-order valence-electron chi connectivity index (χ3n) is 4.22. The Labute approximate surface area is 179 Å². The summed E-state index contributed by atoms with van der Waals surface area (Å²) in [4.78, 5) is 12.3. The average molecular weight is 444 g/mol. The third kappa shape index (κ3) is 3.76. The van der Waals surface area contributed by atoms with E-state index >= 15 is 0 Å². The van der Waals surface area contributed by atoms with Gasteiger partial charge in [-0.2, -0.15) is 10.4 Å². The van der Waals surface area contributed by atoms with Crippen LogP contribution in [-0.2, 0) is 6.42 Å². The Morgan fingerprint density at radius 1 is 1.17 bits per heavy atom. The molecule has 0 aliphatic heterocycles. The van der Waals surface area contributed by atoms with E-state index in [1.165, 1.54) is 29.3 Å². The summed E-state index contributed by atoms with van der Waals surface area (Å²) in [5.74, 6) is 0.113. The van der Waals surface area contributed by atoms with Gasteiger partial charge in [0.1, 0.15) is 29.2 Å². The summed E-state index contributed by atoms with van der Waals surface area (Å²) in [7, 11) is 0. The van der Waals surface area contributed by atoms with Crippen molar-refractivity contribution in [3.63, 3.8) is 0 Å². The van der Waals surface area contributed by atoms with Crippen LogP contribution in [0.5, 0.6) is 0 Å². The van der Waals surface area contributed by atoms with Crippen LogP contribution in [0, 0.1) is 17.1 Å². The Hall–Kier alpha value is -3.32. The maximum atomic E-state index is 14.4. The summed E-state index contributed by atoms with van der Waals surface area (Å²) >= 11 is 12.5. The van der Waals surface area contributed by atoms with Crippen molar-refractivity contribution in [3.05, 3.63) is 64.0 Å². The van der Waals surface area contributed by atoms with Crippen LogP contribution in [0.3, 0.4) is 0 Å². The van der Waals surface area contributed by atoms with Crippen molar-refractivity contribution in [2.45, 2.75) is 6.42 Å². The normalized spacial score (nSPS) is 10.9. The minimum atomic E-state index is -0.626. The average Bonchev–Trinajstić information content (AvgIpc) is 3.16. The lowest BCUT2D eigenvalue weighted by Gasteiger charge is -2.07. The van der Waals surface area contributed by atoms with Crippen molar-refractivity contribution in [2.24, 2.45) is 0 Å². The molecule has 0 unspecified atom stereocenters. The first-order valence-corrected chi connectivity index (χ1v) is 9.38. The molecule has 8 nitrogen and oxygen atoms in total. The Morgan fingerprint density at radius 3 is 2.63 bits per heavy atom. The molecule has 4 aromatic rings. The number of aromatic nitrogens is 5. The largest absolute Gasteiger partial charge is 0.396 e. The van der Waals surface area contributed by atoms with E-state index in [4.69, 9.17) is 33.6 Å². The second kappa shape index (κ2) is 8.20. The molecule has 150 valence electrons. The van der Waals surface area contributed by atoms with Crippen molar-refractivity contribution in [2.75, 3.05) is 11.9 Å². The summed E-state index contributed by atoms with van der Waals surface area (Å²) in [5.41, 5.74) is 1.29. The van der Waals surface area contributed by atoms with Crippen molar-refractivity contribution < 1.29 is 9.50 Å². The van der Waals surface area contributed by atoms with Gasteiger partial charge in [0.2, 0.25) is 0 Å². The van der Waals surface area contributed by atoms with E-state index < -0.39 is 5.82 Å². The summed E-state index contributed by atoms with van der Waals surface area (Å²) in [5, 5.41) is 26.1. The molecular weight excluding hydrogens is 432 g/mol. The molecule has 0 saturated carbocycles. The van der Waals surface area contributed by atoms with Gasteiger partial charge in [-0.3, -0.25) is 0 Å². The minimum absolute atomic E-state index is 0.0472. The molecule has 3 heterocycles. The maximum Gasteiger partial charge on any atom is 0.169 e. The van der Waals surface area contributed by atoms with Gasteiger partial charge in [0.15, 0.2) is 5.82 Å². The molecule has 30 heavy (non-hydrogen) atoms. The molecule has 4 rings (SSSR count). The summed E-state index contributed by atoms with van der Waals surface area (Å²) in [6.07, 6.45) is 4.30. The fraction of sp³-hybridized carbons (Fsp3) is 0.105. The number of hydrogen-bond acceptors (Lipinski definition) is 7. The number of halogens is 3. The standard InChI is InChI=1S/C19H12Cl2FN7O/c20-13-3-10(6-23)4-14(21)18(13)29-8-12-17(28-29)15(22)7-24-19(12)27-16-5-11(1-2-30)25-9-26-16/h3-5,7-9,30H,1-2H2,(H,24,25,26,27). The minimum Gasteiger partial charge on any atom is -0.396 e. The molecule has 0 radical (unpaired) electrons. The fourth-order valence-corrected chi connectivity index (χ4v) is 3.54. The Kier molecular flexibility index (Phi) is 5.46. The zero-order valence-electron chi connectivity index (χ0n) is 15.1. The lowest BCUT2D eigenvalue weighted by atomic mass is 10.2. The highest BCUT2D eigenvalue weighted by Gasteiger charge is 2.17. The van der Waals surface area contributed by atoms with Crippen LogP contribution in [0.15, 0.2) is 36.9 Å². The lowest BCUT2D eigenvalue weighted by Crippen LogP contribution is -2.01. The number of pyridine rings is 1. The van der Waals surface area contributed by atoms with Crippen molar-refractivity contribution in [1.29, 1.82) is 5.26 Å². The third-order valence-corrected chi connectivity index (χ3v) is 4.79. The molecule has 0 bridgehead atoms. The smallest absolute Gasteiger partial charge is 0.169 e. The first-order chi connectivity index (χ1) is 14.5. The highest BCUT2D eigenvalue weighted by Crippen LogP contribution is 2.33. The highest BCUT2D eigenvalue weighted by atomic mass is 35.5. The number of nitriles is 1. The van der Waals surface area contributed by atoms with Crippen molar-refractivity contribution in [1.82, 2.24) is 24.7 Å². The summed E-state index contributed by atoms with van der Waals surface area (Å²) in [6, 6.07) is 6.53. The lowest BCUT2D eigenvalue weighted by molar-refractivity contribution is 0.298. The van der Waals surface area contributed by atoms with Gasteiger partial charge in [-0.1, -0.05) is 23.2 Å². The van der Waals surface area contributed by atoms with E-state index in [9.17, 15) is 4.39 Å². The SMILES string of the molecule is N#Cc1cc(Cl)c(-n2cc3c(Nc4cc(CCO)ncn4)ncc(F)c3n2)c(Cl)c1. The van der Waals surface area contributed by atoms with E-state index in [0.29, 0.717) is 40.4 Å². The Balaban J connectivity index is 1.80. The van der Waals surface area contributed by atoms with E-state index in [2.05, 4.69) is 25.4 Å². The molecule has 0 spiro atoms. The van der Waals surface area contributed by atoms with Gasteiger partial charge in [-0.15, -0.1) is 0 Å². The molecule has 1 aromatic carbocycles. The first-order valence-electron chi connectivity index (χ1n) is 8.62. The number of fused-ring (bicyclic) bond motifs is 1. The van der Waals surface area contributed by atoms with Crippen LogP contribution in [-0.4, -0.2) is 36.4 Å². The molecular formula is C19H12Cl2FN7O. The summed E-state index contributed by atoms with van der Waals surface area (Å²) < 4.78 is 15.7. The van der Waals surface area contributed by atoms with E-state index in [-0.39, 0.29) is 22.2 Å². The van der Waals surface area contributed by atoms with E-state index in [1.807, 2.05) is 6.07 Å². The quantitative estimate of drug-likeness (QED) is 0.482. The van der Waals surface area contributed by atoms with Gasteiger partial charge in [0.25, 0.3) is 0 Å². The van der Waals surface area contributed by atoms with Crippen LogP contribution in [0.4, 0.5) is 16.0 Å². The number of rotatable bonds is 5. The number of aliphatic hydroxyl groups excluding tert-OH is 1.